The molecule has 9 heteroatoms. The van der Waals surface area contributed by atoms with Crippen LogP contribution < -0.4 is 10.2 Å². The molecule has 0 saturated heterocycles. The third-order valence-corrected chi connectivity index (χ3v) is 3.56. The number of nitrogens with one attached hydrogen (secondary N) is 1. The fourth-order valence-corrected chi connectivity index (χ4v) is 2.40. The molecule has 0 fully saturated rings. The van der Waals surface area contributed by atoms with Gasteiger partial charge in [-0.15, -0.1) is 0 Å². The smallest absolute Gasteiger partial charge is 0.425 e. The van der Waals surface area contributed by atoms with Gasteiger partial charge in [0.2, 0.25) is 5.95 Å². The van der Waals surface area contributed by atoms with E-state index in [2.05, 4.69) is 15.3 Å². The summed E-state index contributed by atoms with van der Waals surface area (Å²) in [6, 6.07) is 8.82. The second kappa shape index (κ2) is 8.87. The van der Waals surface area contributed by atoms with Gasteiger partial charge in [0.05, 0.1) is 0 Å². The van der Waals surface area contributed by atoms with Crippen LogP contribution in [0.15, 0.2) is 30.3 Å². The number of rotatable bonds is 3. The molecular formula is C21H27ClN4O4. The average molecular weight is 435 g/mol. The Morgan fingerprint density at radius 2 is 1.43 bits per heavy atom. The minimum atomic E-state index is -0.937. The molecule has 162 valence electrons. The SMILES string of the molecule is Cc1ccc(Nc2nc(Cl)cc(N(C(=O)OC(C)(C)C)C(=O)OC(C)(C)C)n2)cc1. The van der Waals surface area contributed by atoms with E-state index in [-0.39, 0.29) is 16.9 Å². The number of hydrogen-bond acceptors (Lipinski definition) is 7. The van der Waals surface area contributed by atoms with Gasteiger partial charge in [-0.1, -0.05) is 29.3 Å². The van der Waals surface area contributed by atoms with E-state index in [1.54, 1.807) is 41.5 Å². The number of amides is 2. The van der Waals surface area contributed by atoms with Crippen molar-refractivity contribution in [1.82, 2.24) is 9.97 Å². The van der Waals surface area contributed by atoms with Gasteiger partial charge in [-0.05, 0) is 60.6 Å². The Balaban J connectivity index is 2.43. The van der Waals surface area contributed by atoms with Crippen LogP contribution in [0, 0.1) is 6.92 Å². The lowest BCUT2D eigenvalue weighted by atomic mass is 10.2. The van der Waals surface area contributed by atoms with Crippen LogP contribution in [0.25, 0.3) is 0 Å². The van der Waals surface area contributed by atoms with Gasteiger partial charge in [0.25, 0.3) is 0 Å². The van der Waals surface area contributed by atoms with Gasteiger partial charge in [0, 0.05) is 11.8 Å². The maximum absolute atomic E-state index is 12.8. The first-order chi connectivity index (χ1) is 13.7. The molecule has 2 rings (SSSR count). The summed E-state index contributed by atoms with van der Waals surface area (Å²) >= 11 is 6.14. The zero-order valence-corrected chi connectivity index (χ0v) is 19.0. The number of aryl methyl sites for hydroxylation is 1. The van der Waals surface area contributed by atoms with E-state index in [1.165, 1.54) is 6.07 Å². The van der Waals surface area contributed by atoms with Crippen LogP contribution in [-0.2, 0) is 9.47 Å². The topological polar surface area (TPSA) is 93.7 Å². The summed E-state index contributed by atoms with van der Waals surface area (Å²) in [6.07, 6.45) is -1.87. The number of carbonyl (C=O) groups is 2. The van der Waals surface area contributed by atoms with Crippen LogP contribution in [0.4, 0.5) is 27.0 Å². The van der Waals surface area contributed by atoms with E-state index in [0.29, 0.717) is 4.90 Å². The highest BCUT2D eigenvalue weighted by Crippen LogP contribution is 2.25. The number of imide groups is 1. The molecular weight excluding hydrogens is 408 g/mol. The first kappa shape index (κ1) is 23.4. The van der Waals surface area contributed by atoms with Gasteiger partial charge in [-0.25, -0.2) is 14.6 Å². The summed E-state index contributed by atoms with van der Waals surface area (Å²) < 4.78 is 10.7. The molecule has 0 aliphatic heterocycles. The molecule has 0 bridgehead atoms. The largest absolute Gasteiger partial charge is 0.443 e. The highest BCUT2D eigenvalue weighted by molar-refractivity contribution is 6.30. The van der Waals surface area contributed by atoms with Gasteiger partial charge in [-0.2, -0.15) is 9.88 Å². The lowest BCUT2D eigenvalue weighted by Gasteiger charge is -2.28. The summed E-state index contributed by atoms with van der Waals surface area (Å²) in [6.45, 7) is 12.1. The predicted octanol–water partition coefficient (Wildman–Crippen LogP) is 5.86. The Labute approximate surface area is 181 Å². The van der Waals surface area contributed by atoms with Crippen LogP contribution in [0.2, 0.25) is 5.15 Å². The maximum atomic E-state index is 12.8. The predicted molar refractivity (Wildman–Crippen MR) is 116 cm³/mol. The lowest BCUT2D eigenvalue weighted by molar-refractivity contribution is 0.0429. The van der Waals surface area contributed by atoms with Crippen molar-refractivity contribution in [3.05, 3.63) is 41.0 Å². The normalized spacial score (nSPS) is 11.6. The van der Waals surface area contributed by atoms with Crippen LogP contribution >= 0.6 is 11.6 Å². The molecule has 0 atom stereocenters. The Hall–Kier alpha value is -2.87. The van der Waals surface area contributed by atoms with E-state index in [9.17, 15) is 9.59 Å². The number of nitrogens with zero attached hydrogens (tertiary/aromatic N) is 3. The monoisotopic (exact) mass is 434 g/mol. The average Bonchev–Trinajstić information content (AvgIpc) is 2.53. The van der Waals surface area contributed by atoms with Crippen molar-refractivity contribution in [3.63, 3.8) is 0 Å². The van der Waals surface area contributed by atoms with Crippen molar-refractivity contribution in [2.75, 3.05) is 10.2 Å². The molecule has 8 nitrogen and oxygen atoms in total. The Morgan fingerprint density at radius 1 is 0.933 bits per heavy atom. The second-order valence-corrected chi connectivity index (χ2v) is 9.05. The zero-order valence-electron chi connectivity index (χ0n) is 18.2. The zero-order chi connectivity index (χ0) is 22.7. The van der Waals surface area contributed by atoms with E-state index in [4.69, 9.17) is 21.1 Å². The highest BCUT2D eigenvalue weighted by atomic mass is 35.5. The molecule has 2 aromatic rings. The molecule has 0 aliphatic rings. The maximum Gasteiger partial charge on any atom is 0.425 e. The molecule has 0 radical (unpaired) electrons. The van der Waals surface area contributed by atoms with Gasteiger partial charge < -0.3 is 14.8 Å². The number of ether oxygens (including phenoxy) is 2. The first-order valence-corrected chi connectivity index (χ1v) is 9.76. The van der Waals surface area contributed by atoms with E-state index < -0.39 is 23.4 Å². The minimum Gasteiger partial charge on any atom is -0.443 e. The van der Waals surface area contributed by atoms with Gasteiger partial charge in [0.15, 0.2) is 5.82 Å². The molecule has 0 saturated carbocycles. The standard InChI is InChI=1S/C21H27ClN4O4/c1-13-8-10-14(11-9-13)23-17-24-15(22)12-16(25-17)26(18(27)29-20(2,3)4)19(28)30-21(5,6)7/h8-12H,1-7H3,(H,23,24,25). The van der Waals surface area contributed by atoms with Gasteiger partial charge in [0.1, 0.15) is 16.4 Å². The summed E-state index contributed by atoms with van der Waals surface area (Å²) in [4.78, 5) is 34.7. The third kappa shape index (κ3) is 7.18. The third-order valence-electron chi connectivity index (χ3n) is 3.37. The van der Waals surface area contributed by atoms with Gasteiger partial charge in [-0.3, -0.25) is 0 Å². The Kier molecular flexibility index (Phi) is 6.92. The summed E-state index contributed by atoms with van der Waals surface area (Å²) in [5.74, 6) is 0.0339. The van der Waals surface area contributed by atoms with Crippen molar-refractivity contribution in [2.45, 2.75) is 59.7 Å². The summed E-state index contributed by atoms with van der Waals surface area (Å²) in [5, 5.41) is 3.04. The van der Waals surface area contributed by atoms with Crippen molar-refractivity contribution < 1.29 is 19.1 Å². The first-order valence-electron chi connectivity index (χ1n) is 9.38. The summed E-state index contributed by atoms with van der Waals surface area (Å²) in [7, 11) is 0. The highest BCUT2D eigenvalue weighted by Gasteiger charge is 2.34. The number of hydrogen-bond donors (Lipinski definition) is 1. The van der Waals surface area contributed by atoms with Crippen LogP contribution in [0.1, 0.15) is 47.1 Å². The number of anilines is 3. The quantitative estimate of drug-likeness (QED) is 0.604. The second-order valence-electron chi connectivity index (χ2n) is 8.66. The number of halogens is 1. The van der Waals surface area contributed by atoms with E-state index in [1.807, 2.05) is 31.2 Å². The molecule has 1 N–H and O–H groups in total. The molecule has 0 aliphatic carbocycles. The Bertz CT molecular complexity index is 890. The van der Waals surface area contributed by atoms with Crippen molar-refractivity contribution in [2.24, 2.45) is 0 Å². The molecule has 2 amide bonds. The Morgan fingerprint density at radius 3 is 1.90 bits per heavy atom. The van der Waals surface area contributed by atoms with Gasteiger partial charge >= 0.3 is 12.2 Å². The fourth-order valence-electron chi connectivity index (χ4n) is 2.22. The molecule has 0 unspecified atom stereocenters. The molecule has 0 spiro atoms. The number of benzene rings is 1. The van der Waals surface area contributed by atoms with Crippen molar-refractivity contribution in [3.8, 4) is 0 Å². The molecule has 1 aromatic carbocycles. The minimum absolute atomic E-state index is 0.0340. The van der Waals surface area contributed by atoms with E-state index in [0.717, 1.165) is 11.3 Å². The van der Waals surface area contributed by atoms with Crippen LogP contribution in [0.5, 0.6) is 0 Å². The van der Waals surface area contributed by atoms with Crippen molar-refractivity contribution in [1.29, 1.82) is 0 Å². The lowest BCUT2D eigenvalue weighted by Crippen LogP contribution is -2.44. The summed E-state index contributed by atoms with van der Waals surface area (Å²) in [5.41, 5.74) is 0.137. The van der Waals surface area contributed by atoms with Crippen molar-refractivity contribution >= 4 is 41.2 Å². The molecule has 30 heavy (non-hydrogen) atoms. The van der Waals surface area contributed by atoms with E-state index >= 15 is 0 Å². The molecule has 1 aromatic heterocycles. The number of carbonyl (C=O) groups excluding carboxylic acids is 2. The fraction of sp³-hybridized carbons (Fsp3) is 0.429. The van der Waals surface area contributed by atoms with Crippen LogP contribution in [-0.4, -0.2) is 33.4 Å². The molecule has 1 heterocycles. The number of aromatic nitrogens is 2. The van der Waals surface area contributed by atoms with Crippen LogP contribution in [0.3, 0.4) is 0 Å².